The van der Waals surface area contributed by atoms with E-state index in [0.29, 0.717) is 34.8 Å². The predicted molar refractivity (Wildman–Crippen MR) is 119 cm³/mol. The topological polar surface area (TPSA) is 71.0 Å². The second-order valence-electron chi connectivity index (χ2n) is 6.22. The van der Waals surface area contributed by atoms with Gasteiger partial charge in [0.2, 0.25) is 11.8 Å². The third-order valence-electron chi connectivity index (χ3n) is 4.14. The minimum atomic E-state index is -0.536. The molecule has 0 saturated carbocycles. The zero-order chi connectivity index (χ0) is 20.8. The number of halogens is 1. The number of rotatable bonds is 6. The van der Waals surface area contributed by atoms with E-state index in [1.54, 1.807) is 36.4 Å². The van der Waals surface area contributed by atoms with Crippen LogP contribution in [0.4, 0.5) is 11.4 Å². The molecule has 0 unspecified atom stereocenters. The highest BCUT2D eigenvalue weighted by molar-refractivity contribution is 8.15. The highest BCUT2D eigenvalue weighted by Gasteiger charge is 2.40. The van der Waals surface area contributed by atoms with Crippen molar-refractivity contribution in [1.29, 1.82) is 0 Å². The van der Waals surface area contributed by atoms with Crippen molar-refractivity contribution >= 4 is 51.7 Å². The number of amides is 2. The molecule has 0 bridgehead atoms. The van der Waals surface area contributed by atoms with Crippen molar-refractivity contribution in [2.75, 3.05) is 23.4 Å². The summed E-state index contributed by atoms with van der Waals surface area (Å²) >= 11 is 7.29. The first-order chi connectivity index (χ1) is 14.0. The molecule has 8 heteroatoms. The minimum absolute atomic E-state index is 0.122. The Morgan fingerprint density at radius 3 is 2.66 bits per heavy atom. The Labute approximate surface area is 179 Å². The highest BCUT2D eigenvalue weighted by Crippen LogP contribution is 2.31. The number of nitrogens with one attached hydrogen (secondary N) is 1. The van der Waals surface area contributed by atoms with Gasteiger partial charge in [-0.3, -0.25) is 14.6 Å². The molecule has 1 atom stereocenters. The number of aliphatic imine (C=N–C) groups is 1. The summed E-state index contributed by atoms with van der Waals surface area (Å²) in [6.07, 6.45) is 0.122. The summed E-state index contributed by atoms with van der Waals surface area (Å²) in [5.74, 6) is 0.223. The highest BCUT2D eigenvalue weighted by atomic mass is 35.5. The number of amidine groups is 1. The molecule has 0 spiro atoms. The van der Waals surface area contributed by atoms with Crippen LogP contribution in [0.3, 0.4) is 0 Å². The Balaban J connectivity index is 1.72. The maximum absolute atomic E-state index is 12.9. The second-order valence-corrected chi connectivity index (χ2v) is 7.85. The minimum Gasteiger partial charge on any atom is -0.494 e. The average molecular weight is 432 g/mol. The van der Waals surface area contributed by atoms with E-state index in [9.17, 15) is 9.59 Å². The van der Waals surface area contributed by atoms with Crippen molar-refractivity contribution in [2.45, 2.75) is 25.5 Å². The van der Waals surface area contributed by atoms with Crippen molar-refractivity contribution in [3.63, 3.8) is 0 Å². The Hall–Kier alpha value is -2.51. The molecule has 1 N–H and O–H groups in total. The fourth-order valence-corrected chi connectivity index (χ4v) is 4.17. The summed E-state index contributed by atoms with van der Waals surface area (Å²) in [5, 5.41) is 3.83. The fraction of sp³-hybridized carbons (Fsp3) is 0.286. The van der Waals surface area contributed by atoms with Crippen LogP contribution in [0.5, 0.6) is 5.75 Å². The lowest BCUT2D eigenvalue weighted by molar-refractivity contribution is -0.121. The van der Waals surface area contributed by atoms with Gasteiger partial charge in [0.15, 0.2) is 5.17 Å². The first kappa shape index (κ1) is 21.2. The normalized spacial score (nSPS) is 17.0. The van der Waals surface area contributed by atoms with Gasteiger partial charge in [0.25, 0.3) is 0 Å². The summed E-state index contributed by atoms with van der Waals surface area (Å²) in [6.45, 7) is 4.91. The van der Waals surface area contributed by atoms with E-state index in [1.807, 2.05) is 26.0 Å². The first-order valence-corrected chi connectivity index (χ1v) is 10.6. The van der Waals surface area contributed by atoms with E-state index in [4.69, 9.17) is 16.3 Å². The van der Waals surface area contributed by atoms with Gasteiger partial charge in [0.1, 0.15) is 11.0 Å². The van der Waals surface area contributed by atoms with Crippen LogP contribution in [0.2, 0.25) is 5.02 Å². The number of ether oxygens (including phenoxy) is 1. The molecule has 1 aliphatic heterocycles. The largest absolute Gasteiger partial charge is 0.494 e. The molecule has 3 rings (SSSR count). The molecule has 2 amide bonds. The van der Waals surface area contributed by atoms with Gasteiger partial charge < -0.3 is 10.1 Å². The zero-order valence-electron chi connectivity index (χ0n) is 16.2. The van der Waals surface area contributed by atoms with Gasteiger partial charge >= 0.3 is 0 Å². The van der Waals surface area contributed by atoms with Crippen LogP contribution in [0, 0.1) is 0 Å². The predicted octanol–water partition coefficient (Wildman–Crippen LogP) is 4.59. The monoisotopic (exact) mass is 431 g/mol. The van der Waals surface area contributed by atoms with Crippen LogP contribution >= 0.6 is 23.4 Å². The van der Waals surface area contributed by atoms with Gasteiger partial charge in [-0.05, 0) is 56.3 Å². The molecular weight excluding hydrogens is 410 g/mol. The van der Waals surface area contributed by atoms with Gasteiger partial charge in [-0.25, -0.2) is 4.90 Å². The molecule has 6 nitrogen and oxygen atoms in total. The lowest BCUT2D eigenvalue weighted by Crippen LogP contribution is -2.31. The molecule has 2 aromatic rings. The molecule has 1 fully saturated rings. The van der Waals surface area contributed by atoms with Crippen LogP contribution in [0.1, 0.15) is 20.3 Å². The molecule has 152 valence electrons. The number of benzene rings is 2. The van der Waals surface area contributed by atoms with E-state index in [-0.39, 0.29) is 18.2 Å². The molecule has 0 aliphatic carbocycles. The number of thioether (sulfide) groups is 1. The maximum Gasteiger partial charge on any atom is 0.247 e. The van der Waals surface area contributed by atoms with Crippen LogP contribution in [0.25, 0.3) is 0 Å². The van der Waals surface area contributed by atoms with Crippen molar-refractivity contribution in [1.82, 2.24) is 0 Å². The Morgan fingerprint density at radius 2 is 2.00 bits per heavy atom. The number of carbonyl (C=O) groups is 2. The molecule has 1 heterocycles. The Kier molecular flexibility index (Phi) is 7.17. The van der Waals surface area contributed by atoms with Crippen molar-refractivity contribution in [3.8, 4) is 5.75 Å². The number of nitrogens with zero attached hydrogens (tertiary/aromatic N) is 2. The maximum atomic E-state index is 12.9. The van der Waals surface area contributed by atoms with Gasteiger partial charge in [-0.1, -0.05) is 29.4 Å². The van der Waals surface area contributed by atoms with Gasteiger partial charge in [0, 0.05) is 23.7 Å². The van der Waals surface area contributed by atoms with Crippen LogP contribution in [-0.2, 0) is 9.59 Å². The second kappa shape index (κ2) is 9.80. The standard InChI is InChI=1S/C21H22ClN3O3S/c1-3-23-21(24-15-7-5-6-14(22)12-15)29-18-13-19(26)25(20(18)27)16-8-10-17(11-9-16)28-4-2/h5-12,18H,3-4,13H2,1-2H3,(H,23,24)/t18-/m0/s1. The summed E-state index contributed by atoms with van der Waals surface area (Å²) in [4.78, 5) is 31.1. The number of hydrogen-bond donors (Lipinski definition) is 1. The quantitative estimate of drug-likeness (QED) is 0.411. The molecule has 0 radical (unpaired) electrons. The summed E-state index contributed by atoms with van der Waals surface area (Å²) < 4.78 is 5.42. The van der Waals surface area contributed by atoms with Gasteiger partial charge in [-0.15, -0.1) is 0 Å². The lowest BCUT2D eigenvalue weighted by Gasteiger charge is -2.16. The lowest BCUT2D eigenvalue weighted by atomic mass is 10.3. The van der Waals surface area contributed by atoms with E-state index < -0.39 is 5.25 Å². The third-order valence-corrected chi connectivity index (χ3v) is 5.49. The Morgan fingerprint density at radius 1 is 1.24 bits per heavy atom. The molecule has 1 aliphatic rings. The van der Waals surface area contributed by atoms with Crippen LogP contribution in [-0.4, -0.2) is 35.4 Å². The molecular formula is C21H22ClN3O3S. The third kappa shape index (κ3) is 5.31. The summed E-state index contributed by atoms with van der Waals surface area (Å²) in [5.41, 5.74) is 1.32. The van der Waals surface area contributed by atoms with Gasteiger partial charge in [-0.2, -0.15) is 0 Å². The van der Waals surface area contributed by atoms with E-state index in [1.165, 1.54) is 16.7 Å². The summed E-state index contributed by atoms with van der Waals surface area (Å²) in [7, 11) is 0. The van der Waals surface area contributed by atoms with Crippen molar-refractivity contribution in [2.24, 2.45) is 4.99 Å². The molecule has 29 heavy (non-hydrogen) atoms. The Bertz CT molecular complexity index is 918. The molecule has 1 saturated heterocycles. The van der Waals surface area contributed by atoms with E-state index in [0.717, 1.165) is 5.69 Å². The number of carbonyl (C=O) groups excluding carboxylic acids is 2. The zero-order valence-corrected chi connectivity index (χ0v) is 17.8. The summed E-state index contributed by atoms with van der Waals surface area (Å²) in [6, 6.07) is 14.2. The first-order valence-electron chi connectivity index (χ1n) is 9.35. The van der Waals surface area contributed by atoms with Crippen molar-refractivity contribution < 1.29 is 14.3 Å². The number of imide groups is 1. The van der Waals surface area contributed by atoms with Crippen molar-refractivity contribution in [3.05, 3.63) is 53.6 Å². The average Bonchev–Trinajstić information content (AvgIpc) is 2.96. The number of hydrogen-bond acceptors (Lipinski definition) is 5. The smallest absolute Gasteiger partial charge is 0.247 e. The SMILES string of the molecule is CCN=C(Nc1cccc(Cl)c1)S[C@H]1CC(=O)N(c2ccc(OCC)cc2)C1=O. The van der Waals surface area contributed by atoms with Gasteiger partial charge in [0.05, 0.1) is 12.3 Å². The fourth-order valence-electron chi connectivity index (χ4n) is 2.90. The molecule has 2 aromatic carbocycles. The van der Waals surface area contributed by atoms with Crippen LogP contribution in [0.15, 0.2) is 53.5 Å². The number of anilines is 2. The van der Waals surface area contributed by atoms with E-state index in [2.05, 4.69) is 10.3 Å². The van der Waals surface area contributed by atoms with E-state index >= 15 is 0 Å². The van der Waals surface area contributed by atoms with Crippen LogP contribution < -0.4 is 15.0 Å². The molecule has 0 aromatic heterocycles.